The van der Waals surface area contributed by atoms with Crippen LogP contribution < -0.4 is 5.32 Å². The van der Waals surface area contributed by atoms with Gasteiger partial charge in [-0.2, -0.15) is 0 Å². The van der Waals surface area contributed by atoms with E-state index in [0.717, 1.165) is 6.54 Å². The Labute approximate surface area is 130 Å². The molecule has 1 aliphatic rings. The standard InChI is InChI=1S/C19H32N2/c1-14(2)17-8-10-18(11-9-17)16(5)21(15(3)4)13-19-7-6-12-20-19/h8-11,14-16,19-20H,6-7,12-13H2,1-5H3. The lowest BCUT2D eigenvalue weighted by Gasteiger charge is -2.35. The van der Waals surface area contributed by atoms with E-state index in [1.54, 1.807) is 0 Å². The first-order valence-electron chi connectivity index (χ1n) is 8.58. The second-order valence-corrected chi connectivity index (χ2v) is 7.08. The van der Waals surface area contributed by atoms with Crippen LogP contribution >= 0.6 is 0 Å². The molecule has 0 aromatic heterocycles. The van der Waals surface area contributed by atoms with Gasteiger partial charge in [0.05, 0.1) is 0 Å². The summed E-state index contributed by atoms with van der Waals surface area (Å²) in [5.41, 5.74) is 2.87. The van der Waals surface area contributed by atoms with Crippen LogP contribution in [0, 0.1) is 0 Å². The van der Waals surface area contributed by atoms with Gasteiger partial charge in [-0.05, 0) is 57.2 Å². The first kappa shape index (κ1) is 16.5. The summed E-state index contributed by atoms with van der Waals surface area (Å²) >= 11 is 0. The van der Waals surface area contributed by atoms with Crippen LogP contribution in [0.2, 0.25) is 0 Å². The Balaban J connectivity index is 2.07. The third-order valence-electron chi connectivity index (χ3n) is 4.84. The Kier molecular flexibility index (Phi) is 5.83. The highest BCUT2D eigenvalue weighted by atomic mass is 15.2. The Bertz CT molecular complexity index is 416. The summed E-state index contributed by atoms with van der Waals surface area (Å²) in [5, 5.41) is 3.63. The van der Waals surface area contributed by atoms with Gasteiger partial charge in [0.1, 0.15) is 0 Å². The van der Waals surface area contributed by atoms with Gasteiger partial charge in [0.25, 0.3) is 0 Å². The van der Waals surface area contributed by atoms with Crippen LogP contribution in [0.1, 0.15) is 70.5 Å². The molecule has 1 heterocycles. The molecule has 1 fully saturated rings. The third kappa shape index (κ3) is 4.31. The fourth-order valence-corrected chi connectivity index (χ4v) is 3.33. The Morgan fingerprint density at radius 1 is 1.05 bits per heavy atom. The molecule has 1 aromatic carbocycles. The van der Waals surface area contributed by atoms with Crippen LogP contribution in [-0.4, -0.2) is 30.1 Å². The molecule has 0 bridgehead atoms. The van der Waals surface area contributed by atoms with Gasteiger partial charge in [0.2, 0.25) is 0 Å². The van der Waals surface area contributed by atoms with Gasteiger partial charge in [0.15, 0.2) is 0 Å². The smallest absolute Gasteiger partial charge is 0.0323 e. The number of hydrogen-bond acceptors (Lipinski definition) is 2. The summed E-state index contributed by atoms with van der Waals surface area (Å²) in [6, 6.07) is 11.0. The summed E-state index contributed by atoms with van der Waals surface area (Å²) in [5.74, 6) is 0.609. The van der Waals surface area contributed by atoms with Crippen LogP contribution in [0.25, 0.3) is 0 Å². The lowest BCUT2D eigenvalue weighted by atomic mass is 9.98. The summed E-state index contributed by atoms with van der Waals surface area (Å²) in [7, 11) is 0. The molecule has 1 N–H and O–H groups in total. The topological polar surface area (TPSA) is 15.3 Å². The second-order valence-electron chi connectivity index (χ2n) is 7.08. The van der Waals surface area contributed by atoms with Crippen molar-refractivity contribution >= 4 is 0 Å². The molecule has 0 amide bonds. The van der Waals surface area contributed by atoms with Crippen molar-refractivity contribution in [2.45, 2.75) is 71.5 Å². The van der Waals surface area contributed by atoms with E-state index in [4.69, 9.17) is 0 Å². The largest absolute Gasteiger partial charge is 0.313 e. The van der Waals surface area contributed by atoms with Gasteiger partial charge in [-0.25, -0.2) is 0 Å². The molecule has 2 nitrogen and oxygen atoms in total. The molecular weight excluding hydrogens is 256 g/mol. The van der Waals surface area contributed by atoms with Crippen LogP contribution in [-0.2, 0) is 0 Å². The van der Waals surface area contributed by atoms with E-state index in [1.807, 2.05) is 0 Å². The maximum absolute atomic E-state index is 3.63. The number of hydrogen-bond donors (Lipinski definition) is 1. The zero-order valence-electron chi connectivity index (χ0n) is 14.4. The molecular formula is C19H32N2. The third-order valence-corrected chi connectivity index (χ3v) is 4.84. The highest BCUT2D eigenvalue weighted by Gasteiger charge is 2.24. The highest BCUT2D eigenvalue weighted by Crippen LogP contribution is 2.25. The predicted octanol–water partition coefficient (Wildman–Crippen LogP) is 4.33. The molecule has 0 radical (unpaired) electrons. The van der Waals surface area contributed by atoms with Crippen molar-refractivity contribution in [1.82, 2.24) is 10.2 Å². The molecule has 2 heteroatoms. The van der Waals surface area contributed by atoms with Gasteiger partial charge in [0, 0.05) is 24.7 Å². The highest BCUT2D eigenvalue weighted by molar-refractivity contribution is 5.26. The Morgan fingerprint density at radius 3 is 2.14 bits per heavy atom. The van der Waals surface area contributed by atoms with Gasteiger partial charge in [-0.1, -0.05) is 38.1 Å². The predicted molar refractivity (Wildman–Crippen MR) is 91.8 cm³/mol. The first-order chi connectivity index (χ1) is 9.99. The molecule has 1 saturated heterocycles. The summed E-state index contributed by atoms with van der Waals surface area (Å²) in [6.45, 7) is 13.8. The monoisotopic (exact) mass is 288 g/mol. The van der Waals surface area contributed by atoms with Crippen LogP contribution in [0.4, 0.5) is 0 Å². The number of nitrogens with one attached hydrogen (secondary N) is 1. The molecule has 0 saturated carbocycles. The molecule has 2 unspecified atom stereocenters. The van der Waals surface area contributed by atoms with E-state index in [1.165, 1.54) is 30.5 Å². The maximum atomic E-state index is 3.63. The van der Waals surface area contributed by atoms with E-state index in [0.29, 0.717) is 24.0 Å². The van der Waals surface area contributed by atoms with Crippen molar-refractivity contribution < 1.29 is 0 Å². The second kappa shape index (κ2) is 7.42. The molecule has 2 rings (SSSR count). The van der Waals surface area contributed by atoms with Gasteiger partial charge < -0.3 is 5.32 Å². The average molecular weight is 288 g/mol. The van der Waals surface area contributed by atoms with E-state index in [2.05, 4.69) is 69.1 Å². The molecule has 0 spiro atoms. The van der Waals surface area contributed by atoms with Crippen molar-refractivity contribution in [3.8, 4) is 0 Å². The first-order valence-corrected chi connectivity index (χ1v) is 8.58. The molecule has 21 heavy (non-hydrogen) atoms. The molecule has 2 atom stereocenters. The van der Waals surface area contributed by atoms with Gasteiger partial charge >= 0.3 is 0 Å². The van der Waals surface area contributed by atoms with Crippen molar-refractivity contribution in [2.75, 3.05) is 13.1 Å². The summed E-state index contributed by atoms with van der Waals surface area (Å²) in [4.78, 5) is 2.63. The number of rotatable bonds is 6. The minimum atomic E-state index is 0.480. The minimum Gasteiger partial charge on any atom is -0.313 e. The van der Waals surface area contributed by atoms with E-state index >= 15 is 0 Å². The van der Waals surface area contributed by atoms with E-state index in [9.17, 15) is 0 Å². The van der Waals surface area contributed by atoms with Crippen molar-refractivity contribution in [2.24, 2.45) is 0 Å². The molecule has 1 aromatic rings. The fraction of sp³-hybridized carbons (Fsp3) is 0.684. The normalized spacial score (nSPS) is 20.7. The van der Waals surface area contributed by atoms with Crippen molar-refractivity contribution in [3.63, 3.8) is 0 Å². The number of nitrogens with zero attached hydrogens (tertiary/aromatic N) is 1. The fourth-order valence-electron chi connectivity index (χ4n) is 3.33. The summed E-state index contributed by atoms with van der Waals surface area (Å²) < 4.78 is 0. The Morgan fingerprint density at radius 2 is 1.67 bits per heavy atom. The van der Waals surface area contributed by atoms with Gasteiger partial charge in [-0.15, -0.1) is 0 Å². The van der Waals surface area contributed by atoms with E-state index in [-0.39, 0.29) is 0 Å². The number of benzene rings is 1. The Hall–Kier alpha value is -0.860. The maximum Gasteiger partial charge on any atom is 0.0323 e. The molecule has 1 aliphatic heterocycles. The lowest BCUT2D eigenvalue weighted by Crippen LogP contribution is -2.42. The quantitative estimate of drug-likeness (QED) is 0.838. The van der Waals surface area contributed by atoms with Crippen LogP contribution in [0.5, 0.6) is 0 Å². The zero-order chi connectivity index (χ0) is 15.4. The van der Waals surface area contributed by atoms with Crippen LogP contribution in [0.15, 0.2) is 24.3 Å². The lowest BCUT2D eigenvalue weighted by molar-refractivity contribution is 0.150. The van der Waals surface area contributed by atoms with Crippen molar-refractivity contribution in [1.29, 1.82) is 0 Å². The average Bonchev–Trinajstić information content (AvgIpc) is 2.97. The van der Waals surface area contributed by atoms with Crippen molar-refractivity contribution in [3.05, 3.63) is 35.4 Å². The van der Waals surface area contributed by atoms with E-state index < -0.39 is 0 Å². The zero-order valence-corrected chi connectivity index (χ0v) is 14.4. The molecule has 118 valence electrons. The van der Waals surface area contributed by atoms with Crippen LogP contribution in [0.3, 0.4) is 0 Å². The summed E-state index contributed by atoms with van der Waals surface area (Å²) in [6.07, 6.45) is 2.65. The SMILES string of the molecule is CC(C)c1ccc(C(C)N(CC2CCCN2)C(C)C)cc1. The molecule has 0 aliphatic carbocycles. The van der Waals surface area contributed by atoms with Gasteiger partial charge in [-0.3, -0.25) is 4.90 Å². The minimum absolute atomic E-state index is 0.480.